The highest BCUT2D eigenvalue weighted by Crippen LogP contribution is 2.44. The van der Waals surface area contributed by atoms with Gasteiger partial charge in [-0.25, -0.2) is 13.8 Å². The van der Waals surface area contributed by atoms with E-state index in [1.807, 2.05) is 17.7 Å². The van der Waals surface area contributed by atoms with Crippen LogP contribution in [0.4, 0.5) is 8.78 Å². The lowest BCUT2D eigenvalue weighted by Crippen LogP contribution is -2.49. The minimum atomic E-state index is -0.627. The first-order valence-corrected chi connectivity index (χ1v) is 9.15. The lowest BCUT2D eigenvalue weighted by atomic mass is 9.64. The van der Waals surface area contributed by atoms with Gasteiger partial charge in [-0.2, -0.15) is 0 Å². The number of fused-ring (bicyclic) bond motifs is 1. The van der Waals surface area contributed by atoms with Gasteiger partial charge >= 0.3 is 0 Å². The van der Waals surface area contributed by atoms with E-state index in [2.05, 4.69) is 10.3 Å². The normalized spacial score (nSPS) is 15.5. The van der Waals surface area contributed by atoms with Crippen LogP contribution in [0.15, 0.2) is 42.5 Å². The van der Waals surface area contributed by atoms with Crippen LogP contribution in [-0.4, -0.2) is 22.0 Å². The van der Waals surface area contributed by atoms with Crippen molar-refractivity contribution < 1.29 is 13.6 Å². The summed E-state index contributed by atoms with van der Waals surface area (Å²) in [5.41, 5.74) is 1.57. The molecule has 1 aliphatic rings. The van der Waals surface area contributed by atoms with E-state index in [0.29, 0.717) is 18.5 Å². The number of nitrogens with zero attached hydrogens (tertiary/aromatic N) is 2. The van der Waals surface area contributed by atoms with Gasteiger partial charge in [-0.05, 0) is 42.7 Å². The number of rotatable bonds is 5. The molecule has 1 aliphatic carbocycles. The summed E-state index contributed by atoms with van der Waals surface area (Å²) in [6, 6.07) is 10.8. The average Bonchev–Trinajstić information content (AvgIpc) is 2.89. The second kappa shape index (κ2) is 6.76. The zero-order valence-corrected chi connectivity index (χ0v) is 15.1. The fraction of sp³-hybridized carbons (Fsp3) is 0.333. The molecule has 0 spiro atoms. The van der Waals surface area contributed by atoms with Crippen molar-refractivity contribution in [2.24, 2.45) is 7.05 Å². The smallest absolute Gasteiger partial charge is 0.230 e. The summed E-state index contributed by atoms with van der Waals surface area (Å²) in [7, 11) is 1.88. The average molecular weight is 369 g/mol. The molecule has 1 fully saturated rings. The molecular weight excluding hydrogens is 348 g/mol. The molecule has 1 aromatic heterocycles. The molecular formula is C21H21F2N3O. The van der Waals surface area contributed by atoms with Crippen LogP contribution in [0.1, 0.15) is 30.7 Å². The highest BCUT2D eigenvalue weighted by Gasteiger charge is 2.45. The van der Waals surface area contributed by atoms with Crippen molar-refractivity contribution in [3.63, 3.8) is 0 Å². The molecule has 0 saturated heterocycles. The fourth-order valence-corrected chi connectivity index (χ4v) is 3.87. The number of benzene rings is 2. The van der Waals surface area contributed by atoms with Crippen LogP contribution in [0.2, 0.25) is 0 Å². The molecule has 2 aromatic carbocycles. The Bertz CT molecular complexity index is 1010. The zero-order chi connectivity index (χ0) is 19.0. The van der Waals surface area contributed by atoms with Gasteiger partial charge in [0.25, 0.3) is 0 Å². The van der Waals surface area contributed by atoms with Crippen LogP contribution in [-0.2, 0) is 23.7 Å². The van der Waals surface area contributed by atoms with Crippen LogP contribution >= 0.6 is 0 Å². The van der Waals surface area contributed by atoms with E-state index in [9.17, 15) is 13.6 Å². The number of nitrogens with one attached hydrogen (secondary N) is 1. The first-order chi connectivity index (χ1) is 13.0. The van der Waals surface area contributed by atoms with E-state index in [0.717, 1.165) is 36.2 Å². The summed E-state index contributed by atoms with van der Waals surface area (Å²) < 4.78 is 28.9. The molecule has 0 radical (unpaired) electrons. The summed E-state index contributed by atoms with van der Waals surface area (Å²) in [5.74, 6) is 0.0782. The number of amides is 1. The third-order valence-electron chi connectivity index (χ3n) is 5.59. The van der Waals surface area contributed by atoms with Gasteiger partial charge in [-0.3, -0.25) is 4.79 Å². The Balaban J connectivity index is 1.46. The molecule has 3 aromatic rings. The fourth-order valence-electron chi connectivity index (χ4n) is 3.87. The van der Waals surface area contributed by atoms with Gasteiger partial charge in [0.1, 0.15) is 17.5 Å². The Kier molecular flexibility index (Phi) is 4.42. The Hall–Kier alpha value is -2.76. The molecule has 1 N–H and O–H groups in total. The quantitative estimate of drug-likeness (QED) is 0.747. The number of hydrogen-bond acceptors (Lipinski definition) is 2. The highest BCUT2D eigenvalue weighted by molar-refractivity contribution is 5.89. The van der Waals surface area contributed by atoms with Crippen LogP contribution in [0.25, 0.3) is 11.0 Å². The molecule has 0 aliphatic heterocycles. The standard InChI is InChI=1S/C21H21F2N3O/c1-26-18-7-6-16(23)13-17(18)25-19(26)8-11-24-20(27)21(9-3-10-21)14-4-2-5-15(22)12-14/h2,4-7,12-13H,3,8-11H2,1H3,(H,24,27). The van der Waals surface area contributed by atoms with E-state index < -0.39 is 5.41 Å². The lowest BCUT2D eigenvalue weighted by Gasteiger charge is -2.40. The minimum Gasteiger partial charge on any atom is -0.355 e. The van der Waals surface area contributed by atoms with E-state index >= 15 is 0 Å². The predicted molar refractivity (Wildman–Crippen MR) is 99.3 cm³/mol. The van der Waals surface area contributed by atoms with E-state index in [4.69, 9.17) is 0 Å². The number of hydrogen-bond donors (Lipinski definition) is 1. The molecule has 0 bridgehead atoms. The Labute approximate surface area is 156 Å². The molecule has 1 saturated carbocycles. The first kappa shape index (κ1) is 17.6. The van der Waals surface area contributed by atoms with Gasteiger partial charge in [0.05, 0.1) is 16.4 Å². The number of aromatic nitrogens is 2. The second-order valence-electron chi connectivity index (χ2n) is 7.17. The SMILES string of the molecule is Cn1c(CCNC(=O)C2(c3cccc(F)c3)CCC2)nc2cc(F)ccc21. The molecule has 4 rings (SSSR count). The Morgan fingerprint density at radius 2 is 1.96 bits per heavy atom. The van der Waals surface area contributed by atoms with Gasteiger partial charge < -0.3 is 9.88 Å². The molecule has 0 atom stereocenters. The molecule has 0 unspecified atom stereocenters. The monoisotopic (exact) mass is 369 g/mol. The Morgan fingerprint density at radius 3 is 2.67 bits per heavy atom. The lowest BCUT2D eigenvalue weighted by molar-refractivity contribution is -0.129. The minimum absolute atomic E-state index is 0.0656. The zero-order valence-electron chi connectivity index (χ0n) is 15.1. The Morgan fingerprint density at radius 1 is 1.19 bits per heavy atom. The summed E-state index contributed by atoms with van der Waals surface area (Å²) in [6.45, 7) is 0.426. The molecule has 4 nitrogen and oxygen atoms in total. The second-order valence-corrected chi connectivity index (χ2v) is 7.17. The number of aryl methyl sites for hydroxylation is 1. The maximum Gasteiger partial charge on any atom is 0.230 e. The van der Waals surface area contributed by atoms with Crippen molar-refractivity contribution in [2.75, 3.05) is 6.54 Å². The maximum absolute atomic E-state index is 13.6. The van der Waals surface area contributed by atoms with Crippen molar-refractivity contribution in [3.8, 4) is 0 Å². The van der Waals surface area contributed by atoms with Crippen LogP contribution in [0.5, 0.6) is 0 Å². The number of carbonyl (C=O) groups excluding carboxylic acids is 1. The van der Waals surface area contributed by atoms with E-state index in [1.165, 1.54) is 24.3 Å². The van der Waals surface area contributed by atoms with E-state index in [1.54, 1.807) is 12.1 Å². The van der Waals surface area contributed by atoms with Crippen molar-refractivity contribution in [3.05, 3.63) is 65.5 Å². The van der Waals surface area contributed by atoms with E-state index in [-0.39, 0.29) is 17.5 Å². The molecule has 27 heavy (non-hydrogen) atoms. The summed E-state index contributed by atoms with van der Waals surface area (Å²) in [5, 5.41) is 2.99. The topological polar surface area (TPSA) is 46.9 Å². The van der Waals surface area contributed by atoms with Gasteiger partial charge in [0.15, 0.2) is 0 Å². The number of carbonyl (C=O) groups is 1. The van der Waals surface area contributed by atoms with Crippen molar-refractivity contribution in [1.29, 1.82) is 0 Å². The van der Waals surface area contributed by atoms with Gasteiger partial charge in [0, 0.05) is 26.1 Å². The summed E-state index contributed by atoms with van der Waals surface area (Å²) >= 11 is 0. The molecule has 6 heteroatoms. The molecule has 1 heterocycles. The third-order valence-corrected chi connectivity index (χ3v) is 5.59. The van der Waals surface area contributed by atoms with Gasteiger partial charge in [-0.1, -0.05) is 18.6 Å². The largest absolute Gasteiger partial charge is 0.355 e. The van der Waals surface area contributed by atoms with Crippen molar-refractivity contribution in [2.45, 2.75) is 31.1 Å². The summed E-state index contributed by atoms with van der Waals surface area (Å²) in [6.07, 6.45) is 2.96. The highest BCUT2D eigenvalue weighted by atomic mass is 19.1. The van der Waals surface area contributed by atoms with Crippen LogP contribution in [0.3, 0.4) is 0 Å². The maximum atomic E-state index is 13.6. The first-order valence-electron chi connectivity index (χ1n) is 9.15. The predicted octanol–water partition coefficient (Wildman–Crippen LogP) is 3.63. The molecule has 1 amide bonds. The molecule has 140 valence electrons. The van der Waals surface area contributed by atoms with Crippen molar-refractivity contribution in [1.82, 2.24) is 14.9 Å². The van der Waals surface area contributed by atoms with Gasteiger partial charge in [0.2, 0.25) is 5.91 Å². The number of halogens is 2. The van der Waals surface area contributed by atoms with Crippen LogP contribution < -0.4 is 5.32 Å². The van der Waals surface area contributed by atoms with Crippen molar-refractivity contribution >= 4 is 16.9 Å². The number of imidazole rings is 1. The third kappa shape index (κ3) is 3.09. The van der Waals surface area contributed by atoms with Gasteiger partial charge in [-0.15, -0.1) is 0 Å². The summed E-state index contributed by atoms with van der Waals surface area (Å²) in [4.78, 5) is 17.3. The van der Waals surface area contributed by atoms with Crippen LogP contribution in [0, 0.1) is 11.6 Å².